The summed E-state index contributed by atoms with van der Waals surface area (Å²) in [5.74, 6) is -0.225. The van der Waals surface area contributed by atoms with E-state index in [1.54, 1.807) is 0 Å². The van der Waals surface area contributed by atoms with Crippen LogP contribution in [0.25, 0.3) is 0 Å². The van der Waals surface area contributed by atoms with Gasteiger partial charge in [0.25, 0.3) is 10.0 Å². The van der Waals surface area contributed by atoms with Crippen LogP contribution in [0.5, 0.6) is 0 Å². The normalized spacial score (nSPS) is 11.3. The fourth-order valence-corrected chi connectivity index (χ4v) is 2.04. The molecule has 0 spiro atoms. The SMILES string of the molecule is CC(=O)NCc1nnc(S(N)(=O)=O)s1. The van der Waals surface area contributed by atoms with Crippen LogP contribution in [0.3, 0.4) is 0 Å². The Balaban J connectivity index is 2.74. The van der Waals surface area contributed by atoms with Gasteiger partial charge in [0.1, 0.15) is 5.01 Å². The number of carbonyl (C=O) groups excluding carboxylic acids is 1. The summed E-state index contributed by atoms with van der Waals surface area (Å²) < 4.78 is 21.3. The van der Waals surface area contributed by atoms with Gasteiger partial charge in [0.15, 0.2) is 0 Å². The van der Waals surface area contributed by atoms with Gasteiger partial charge in [-0.05, 0) is 0 Å². The number of primary sulfonamides is 1. The van der Waals surface area contributed by atoms with Crippen LogP contribution in [-0.4, -0.2) is 24.5 Å². The van der Waals surface area contributed by atoms with Crippen molar-refractivity contribution in [3.05, 3.63) is 5.01 Å². The van der Waals surface area contributed by atoms with E-state index in [4.69, 9.17) is 5.14 Å². The van der Waals surface area contributed by atoms with Crippen molar-refractivity contribution >= 4 is 27.3 Å². The number of nitrogens with zero attached hydrogens (tertiary/aromatic N) is 2. The van der Waals surface area contributed by atoms with E-state index in [1.807, 2.05) is 0 Å². The minimum Gasteiger partial charge on any atom is -0.350 e. The maximum absolute atomic E-state index is 10.8. The second-order valence-corrected chi connectivity index (χ2v) is 5.21. The van der Waals surface area contributed by atoms with E-state index in [2.05, 4.69) is 15.5 Å². The van der Waals surface area contributed by atoms with Crippen molar-refractivity contribution in [2.45, 2.75) is 17.8 Å². The Morgan fingerprint density at radius 3 is 2.64 bits per heavy atom. The van der Waals surface area contributed by atoms with Crippen molar-refractivity contribution in [1.29, 1.82) is 0 Å². The van der Waals surface area contributed by atoms with E-state index in [0.29, 0.717) is 5.01 Å². The maximum Gasteiger partial charge on any atom is 0.267 e. The van der Waals surface area contributed by atoms with Crippen molar-refractivity contribution in [3.63, 3.8) is 0 Å². The molecule has 14 heavy (non-hydrogen) atoms. The van der Waals surface area contributed by atoms with Crippen molar-refractivity contribution in [2.24, 2.45) is 5.14 Å². The monoisotopic (exact) mass is 236 g/mol. The van der Waals surface area contributed by atoms with Crippen LogP contribution in [0.2, 0.25) is 0 Å². The van der Waals surface area contributed by atoms with E-state index >= 15 is 0 Å². The van der Waals surface area contributed by atoms with Crippen LogP contribution in [0.15, 0.2) is 4.34 Å². The Bertz CT molecular complexity index is 438. The van der Waals surface area contributed by atoms with Gasteiger partial charge >= 0.3 is 0 Å². The third kappa shape index (κ3) is 3.01. The average Bonchev–Trinajstić information content (AvgIpc) is 2.47. The Hall–Kier alpha value is -1.06. The zero-order valence-electron chi connectivity index (χ0n) is 7.22. The molecule has 78 valence electrons. The van der Waals surface area contributed by atoms with Crippen LogP contribution < -0.4 is 10.5 Å². The Morgan fingerprint density at radius 2 is 2.21 bits per heavy atom. The summed E-state index contributed by atoms with van der Waals surface area (Å²) in [6, 6.07) is 0. The molecule has 1 rings (SSSR count). The highest BCUT2D eigenvalue weighted by molar-refractivity contribution is 7.91. The van der Waals surface area contributed by atoms with Crippen molar-refractivity contribution in [3.8, 4) is 0 Å². The third-order valence-electron chi connectivity index (χ3n) is 1.18. The Morgan fingerprint density at radius 1 is 1.57 bits per heavy atom. The molecular formula is C5H8N4O3S2. The van der Waals surface area contributed by atoms with Gasteiger partial charge in [0.2, 0.25) is 10.2 Å². The van der Waals surface area contributed by atoms with E-state index in [1.165, 1.54) is 6.92 Å². The highest BCUT2D eigenvalue weighted by atomic mass is 32.2. The predicted molar refractivity (Wildman–Crippen MR) is 48.8 cm³/mol. The lowest BCUT2D eigenvalue weighted by Gasteiger charge is -1.94. The van der Waals surface area contributed by atoms with Gasteiger partial charge in [0, 0.05) is 6.92 Å². The number of hydrogen-bond acceptors (Lipinski definition) is 6. The number of aromatic nitrogens is 2. The van der Waals surface area contributed by atoms with Crippen LogP contribution in [-0.2, 0) is 21.4 Å². The lowest BCUT2D eigenvalue weighted by Crippen LogP contribution is -2.18. The fraction of sp³-hybridized carbons (Fsp3) is 0.400. The maximum atomic E-state index is 10.8. The predicted octanol–water partition coefficient (Wildman–Crippen LogP) is -1.18. The summed E-state index contributed by atoms with van der Waals surface area (Å²) in [5, 5.41) is 14.6. The second kappa shape index (κ2) is 3.98. The number of rotatable bonds is 3. The van der Waals surface area contributed by atoms with Gasteiger partial charge in [-0.2, -0.15) is 0 Å². The topological polar surface area (TPSA) is 115 Å². The lowest BCUT2D eigenvalue weighted by atomic mass is 10.6. The van der Waals surface area contributed by atoms with Gasteiger partial charge in [0.05, 0.1) is 6.54 Å². The standard InChI is InChI=1S/C5H8N4O3S2/c1-3(10)7-2-4-8-9-5(13-4)14(6,11)12/h2H2,1H3,(H,7,10)(H2,6,11,12). The van der Waals surface area contributed by atoms with Gasteiger partial charge in [-0.15, -0.1) is 10.2 Å². The lowest BCUT2D eigenvalue weighted by molar-refractivity contribution is -0.119. The summed E-state index contributed by atoms with van der Waals surface area (Å²) in [6.45, 7) is 1.50. The Kier molecular flexibility index (Phi) is 3.13. The number of nitrogens with one attached hydrogen (secondary N) is 1. The molecule has 0 aromatic carbocycles. The third-order valence-corrected chi connectivity index (χ3v) is 3.41. The molecule has 0 aliphatic carbocycles. The quantitative estimate of drug-likeness (QED) is 0.685. The first kappa shape index (κ1) is 11.0. The number of carbonyl (C=O) groups is 1. The van der Waals surface area contributed by atoms with Crippen LogP contribution in [0.1, 0.15) is 11.9 Å². The molecule has 0 radical (unpaired) electrons. The van der Waals surface area contributed by atoms with Gasteiger partial charge in [-0.3, -0.25) is 4.79 Å². The van der Waals surface area contributed by atoms with E-state index in [9.17, 15) is 13.2 Å². The molecule has 3 N–H and O–H groups in total. The zero-order chi connectivity index (χ0) is 10.8. The molecular weight excluding hydrogens is 228 g/mol. The largest absolute Gasteiger partial charge is 0.350 e. The summed E-state index contributed by atoms with van der Waals surface area (Å²) in [4.78, 5) is 10.5. The zero-order valence-corrected chi connectivity index (χ0v) is 8.85. The summed E-state index contributed by atoms with van der Waals surface area (Å²) in [7, 11) is -3.79. The van der Waals surface area contributed by atoms with Gasteiger partial charge in [-0.25, -0.2) is 13.6 Å². The van der Waals surface area contributed by atoms with E-state index < -0.39 is 10.0 Å². The molecule has 0 aliphatic heterocycles. The number of amides is 1. The fourth-order valence-electron chi connectivity index (χ4n) is 0.625. The molecule has 0 unspecified atom stereocenters. The summed E-state index contributed by atoms with van der Waals surface area (Å²) >= 11 is 0.832. The molecule has 1 aromatic rings. The molecule has 0 aliphatic rings. The molecule has 0 atom stereocenters. The van der Waals surface area contributed by atoms with Crippen LogP contribution in [0, 0.1) is 0 Å². The molecule has 0 saturated carbocycles. The molecule has 0 saturated heterocycles. The Labute approximate surface area is 84.4 Å². The summed E-state index contributed by atoms with van der Waals surface area (Å²) in [5.41, 5.74) is 0. The van der Waals surface area contributed by atoms with Gasteiger partial charge < -0.3 is 5.32 Å². The molecule has 0 fully saturated rings. The average molecular weight is 236 g/mol. The number of nitrogens with two attached hydrogens (primary N) is 1. The molecule has 1 aromatic heterocycles. The number of sulfonamides is 1. The molecule has 1 amide bonds. The molecule has 7 nitrogen and oxygen atoms in total. The van der Waals surface area contributed by atoms with Crippen LogP contribution in [0.4, 0.5) is 0 Å². The van der Waals surface area contributed by atoms with Crippen molar-refractivity contribution in [2.75, 3.05) is 0 Å². The van der Waals surface area contributed by atoms with E-state index in [0.717, 1.165) is 11.3 Å². The minimum atomic E-state index is -3.79. The van der Waals surface area contributed by atoms with Crippen LogP contribution >= 0.6 is 11.3 Å². The molecule has 9 heteroatoms. The highest BCUT2D eigenvalue weighted by Gasteiger charge is 2.14. The smallest absolute Gasteiger partial charge is 0.267 e. The summed E-state index contributed by atoms with van der Waals surface area (Å²) in [6.07, 6.45) is 0. The first-order chi connectivity index (χ1) is 6.39. The molecule has 0 bridgehead atoms. The van der Waals surface area contributed by atoms with E-state index in [-0.39, 0.29) is 16.8 Å². The minimum absolute atomic E-state index is 0.155. The van der Waals surface area contributed by atoms with Gasteiger partial charge in [-0.1, -0.05) is 11.3 Å². The van der Waals surface area contributed by atoms with Crippen molar-refractivity contribution < 1.29 is 13.2 Å². The first-order valence-electron chi connectivity index (χ1n) is 3.49. The van der Waals surface area contributed by atoms with Crippen molar-refractivity contribution in [1.82, 2.24) is 15.5 Å². The highest BCUT2D eigenvalue weighted by Crippen LogP contribution is 2.13. The first-order valence-corrected chi connectivity index (χ1v) is 5.85. The second-order valence-electron chi connectivity index (χ2n) is 2.42. The molecule has 1 heterocycles. The number of hydrogen-bond donors (Lipinski definition) is 2.